The summed E-state index contributed by atoms with van der Waals surface area (Å²) < 4.78 is 14.5. The summed E-state index contributed by atoms with van der Waals surface area (Å²) in [5.74, 6) is -1.41. The molecule has 0 aliphatic carbocycles. The standard InChI is InChI=1S/C19H14FN7O3/c20-10-6-21-17(22-7-10)13-9-27(25-24-13)14-3-1-2-11-12(14)8-26(19(11)30)15-4-5-16(28)23-18(15)29/h1-3,6-7,9,15H,4-5,8H2,(H,23,28,29). The zero-order chi connectivity index (χ0) is 20.8. The van der Waals surface area contributed by atoms with Crippen molar-refractivity contribution < 1.29 is 18.8 Å². The van der Waals surface area contributed by atoms with Crippen molar-refractivity contribution in [1.29, 1.82) is 0 Å². The number of amides is 3. The molecule has 11 heteroatoms. The van der Waals surface area contributed by atoms with E-state index in [0.717, 1.165) is 12.4 Å². The summed E-state index contributed by atoms with van der Waals surface area (Å²) in [5.41, 5.74) is 2.13. The number of fused-ring (bicyclic) bond motifs is 1. The first-order chi connectivity index (χ1) is 14.5. The lowest BCUT2D eigenvalue weighted by molar-refractivity contribution is -0.136. The third-order valence-electron chi connectivity index (χ3n) is 5.15. The van der Waals surface area contributed by atoms with Gasteiger partial charge in [-0.2, -0.15) is 0 Å². The van der Waals surface area contributed by atoms with Gasteiger partial charge in [-0.3, -0.25) is 19.7 Å². The van der Waals surface area contributed by atoms with Crippen LogP contribution in [0.25, 0.3) is 17.2 Å². The van der Waals surface area contributed by atoms with Crippen molar-refractivity contribution in [3.63, 3.8) is 0 Å². The van der Waals surface area contributed by atoms with Crippen molar-refractivity contribution in [3.05, 3.63) is 53.7 Å². The Bertz CT molecular complexity index is 1190. The van der Waals surface area contributed by atoms with E-state index in [4.69, 9.17) is 0 Å². The number of aromatic nitrogens is 5. The van der Waals surface area contributed by atoms with Gasteiger partial charge >= 0.3 is 0 Å². The lowest BCUT2D eigenvalue weighted by Crippen LogP contribution is -2.52. The largest absolute Gasteiger partial charge is 0.322 e. The third kappa shape index (κ3) is 2.91. The number of rotatable bonds is 3. The molecule has 1 unspecified atom stereocenters. The average Bonchev–Trinajstić information content (AvgIpc) is 3.34. The number of hydrogen-bond donors (Lipinski definition) is 1. The maximum Gasteiger partial charge on any atom is 0.255 e. The number of imide groups is 1. The molecule has 3 aromatic rings. The van der Waals surface area contributed by atoms with E-state index in [-0.39, 0.29) is 37.0 Å². The minimum atomic E-state index is -0.700. The highest BCUT2D eigenvalue weighted by atomic mass is 19.1. The van der Waals surface area contributed by atoms with Crippen molar-refractivity contribution in [2.24, 2.45) is 0 Å². The molecule has 1 aromatic carbocycles. The first-order valence-electron chi connectivity index (χ1n) is 9.18. The number of carbonyl (C=O) groups is 3. The van der Waals surface area contributed by atoms with Gasteiger partial charge in [0, 0.05) is 24.1 Å². The molecule has 0 radical (unpaired) electrons. The molecule has 0 bridgehead atoms. The highest BCUT2D eigenvalue weighted by Gasteiger charge is 2.40. The summed E-state index contributed by atoms with van der Waals surface area (Å²) in [5, 5.41) is 10.4. The summed E-state index contributed by atoms with van der Waals surface area (Å²) in [6.07, 6.45) is 4.14. The van der Waals surface area contributed by atoms with E-state index in [1.165, 1.54) is 9.58 Å². The molecule has 2 aliphatic heterocycles. The molecule has 1 saturated heterocycles. The Kier molecular flexibility index (Phi) is 4.09. The molecule has 1 atom stereocenters. The number of nitrogens with zero attached hydrogens (tertiary/aromatic N) is 6. The summed E-state index contributed by atoms with van der Waals surface area (Å²) in [7, 11) is 0. The van der Waals surface area contributed by atoms with E-state index in [0.29, 0.717) is 22.5 Å². The molecule has 150 valence electrons. The SMILES string of the molecule is O=C1CCC(N2Cc3c(cccc3-n3cc(-c4ncc(F)cn4)nn3)C2=O)C(=O)N1. The van der Waals surface area contributed by atoms with Crippen LogP contribution >= 0.6 is 0 Å². The van der Waals surface area contributed by atoms with Crippen LogP contribution in [0.15, 0.2) is 36.8 Å². The fourth-order valence-electron chi connectivity index (χ4n) is 3.71. The number of nitrogens with one attached hydrogen (secondary N) is 1. The molecule has 4 heterocycles. The second kappa shape index (κ2) is 6.79. The molecule has 1 N–H and O–H groups in total. The van der Waals surface area contributed by atoms with Crippen LogP contribution in [0.2, 0.25) is 0 Å². The molecular weight excluding hydrogens is 393 g/mol. The van der Waals surface area contributed by atoms with Gasteiger partial charge in [-0.1, -0.05) is 11.3 Å². The minimum absolute atomic E-state index is 0.188. The third-order valence-corrected chi connectivity index (χ3v) is 5.15. The van der Waals surface area contributed by atoms with Gasteiger partial charge in [0.15, 0.2) is 17.3 Å². The molecule has 1 fully saturated rings. The lowest BCUT2D eigenvalue weighted by Gasteiger charge is -2.29. The molecule has 0 saturated carbocycles. The van der Waals surface area contributed by atoms with Gasteiger partial charge in [0.2, 0.25) is 11.8 Å². The normalized spacial score (nSPS) is 18.5. The van der Waals surface area contributed by atoms with Crippen LogP contribution in [-0.2, 0) is 16.1 Å². The van der Waals surface area contributed by atoms with Gasteiger partial charge in [-0.15, -0.1) is 5.10 Å². The Labute approximate surface area is 168 Å². The van der Waals surface area contributed by atoms with Crippen molar-refractivity contribution in [2.75, 3.05) is 0 Å². The maximum absolute atomic E-state index is 13.0. The average molecular weight is 407 g/mol. The summed E-state index contributed by atoms with van der Waals surface area (Å²) >= 11 is 0. The Balaban J connectivity index is 1.47. The maximum atomic E-state index is 13.0. The highest BCUT2D eigenvalue weighted by molar-refractivity contribution is 6.05. The Morgan fingerprint density at radius 3 is 2.70 bits per heavy atom. The van der Waals surface area contributed by atoms with E-state index >= 15 is 0 Å². The van der Waals surface area contributed by atoms with Crippen molar-refractivity contribution in [3.8, 4) is 17.2 Å². The zero-order valence-electron chi connectivity index (χ0n) is 15.4. The number of carbonyl (C=O) groups excluding carboxylic acids is 3. The number of halogens is 1. The zero-order valence-corrected chi connectivity index (χ0v) is 15.4. The smallest absolute Gasteiger partial charge is 0.255 e. The second-order valence-electron chi connectivity index (χ2n) is 6.98. The van der Waals surface area contributed by atoms with E-state index < -0.39 is 17.8 Å². The molecule has 2 aromatic heterocycles. The number of hydrogen-bond acceptors (Lipinski definition) is 7. The fourth-order valence-corrected chi connectivity index (χ4v) is 3.71. The van der Waals surface area contributed by atoms with Gasteiger partial charge < -0.3 is 4.90 Å². The topological polar surface area (TPSA) is 123 Å². The second-order valence-corrected chi connectivity index (χ2v) is 6.98. The molecule has 5 rings (SSSR count). The van der Waals surface area contributed by atoms with Crippen LogP contribution in [-0.4, -0.2) is 53.6 Å². The molecule has 3 amide bonds. The molecule has 10 nitrogen and oxygen atoms in total. The highest BCUT2D eigenvalue weighted by Crippen LogP contribution is 2.31. The van der Waals surface area contributed by atoms with Gasteiger partial charge in [-0.05, 0) is 18.6 Å². The first-order valence-corrected chi connectivity index (χ1v) is 9.18. The van der Waals surface area contributed by atoms with Gasteiger partial charge in [0.25, 0.3) is 5.91 Å². The van der Waals surface area contributed by atoms with Crippen LogP contribution in [0, 0.1) is 5.82 Å². The molecule has 30 heavy (non-hydrogen) atoms. The Morgan fingerprint density at radius 2 is 1.93 bits per heavy atom. The van der Waals surface area contributed by atoms with Gasteiger partial charge in [0.05, 0.1) is 24.3 Å². The predicted octanol–water partition coefficient (Wildman–Crippen LogP) is 0.624. The Morgan fingerprint density at radius 1 is 1.13 bits per heavy atom. The summed E-state index contributed by atoms with van der Waals surface area (Å²) in [6, 6.07) is 4.49. The van der Waals surface area contributed by atoms with Crippen LogP contribution in [0.1, 0.15) is 28.8 Å². The lowest BCUT2D eigenvalue weighted by atomic mass is 10.0. The quantitative estimate of drug-likeness (QED) is 0.632. The Hall–Kier alpha value is -4.02. The van der Waals surface area contributed by atoms with E-state index in [9.17, 15) is 18.8 Å². The predicted molar refractivity (Wildman–Crippen MR) is 98.4 cm³/mol. The van der Waals surface area contributed by atoms with E-state index in [1.54, 1.807) is 24.4 Å². The van der Waals surface area contributed by atoms with Crippen molar-refractivity contribution >= 4 is 17.7 Å². The van der Waals surface area contributed by atoms with Crippen LogP contribution in [0.3, 0.4) is 0 Å². The number of piperidine rings is 1. The fraction of sp³-hybridized carbons (Fsp3) is 0.211. The summed E-state index contributed by atoms with van der Waals surface area (Å²) in [6.45, 7) is 0.207. The number of benzene rings is 1. The van der Waals surface area contributed by atoms with Crippen LogP contribution < -0.4 is 5.32 Å². The van der Waals surface area contributed by atoms with E-state index in [1.807, 2.05) is 0 Å². The van der Waals surface area contributed by atoms with Gasteiger partial charge in [0.1, 0.15) is 6.04 Å². The van der Waals surface area contributed by atoms with E-state index in [2.05, 4.69) is 25.6 Å². The summed E-state index contributed by atoms with van der Waals surface area (Å²) in [4.78, 5) is 45.8. The van der Waals surface area contributed by atoms with Crippen molar-refractivity contribution in [2.45, 2.75) is 25.4 Å². The minimum Gasteiger partial charge on any atom is -0.322 e. The molecule has 2 aliphatic rings. The molecule has 0 spiro atoms. The van der Waals surface area contributed by atoms with Crippen molar-refractivity contribution in [1.82, 2.24) is 35.2 Å². The first kappa shape index (κ1) is 18.0. The van der Waals surface area contributed by atoms with Crippen LogP contribution in [0.4, 0.5) is 4.39 Å². The van der Waals surface area contributed by atoms with Gasteiger partial charge in [-0.25, -0.2) is 19.0 Å². The monoisotopic (exact) mass is 407 g/mol. The molecular formula is C19H14FN7O3. The van der Waals surface area contributed by atoms with Crippen LogP contribution in [0.5, 0.6) is 0 Å².